The molecule has 27 heavy (non-hydrogen) atoms. The van der Waals surface area contributed by atoms with Crippen molar-refractivity contribution in [1.82, 2.24) is 19.1 Å². The van der Waals surface area contributed by atoms with Crippen LogP contribution in [-0.4, -0.2) is 37.6 Å². The summed E-state index contributed by atoms with van der Waals surface area (Å²) in [6.07, 6.45) is 1.49. The highest BCUT2D eigenvalue weighted by Crippen LogP contribution is 2.25. The van der Waals surface area contributed by atoms with E-state index in [0.717, 1.165) is 22.0 Å². The first-order valence-corrected chi connectivity index (χ1v) is 9.75. The number of aromatic nitrogens is 4. The molecule has 9 nitrogen and oxygen atoms in total. The predicted molar refractivity (Wildman–Crippen MR) is 102 cm³/mol. The Balaban J connectivity index is 1.70. The molecule has 3 aromatic rings. The minimum Gasteiger partial charge on any atom is -0.461 e. The Morgan fingerprint density at radius 1 is 1.33 bits per heavy atom. The lowest BCUT2D eigenvalue weighted by Crippen LogP contribution is -2.24. The van der Waals surface area contributed by atoms with E-state index in [2.05, 4.69) is 19.9 Å². The van der Waals surface area contributed by atoms with Crippen molar-refractivity contribution in [3.63, 3.8) is 0 Å². The third kappa shape index (κ3) is 3.88. The van der Waals surface area contributed by atoms with Crippen LogP contribution in [0.5, 0.6) is 0 Å². The predicted octanol–water partition coefficient (Wildman–Crippen LogP) is 2.13. The third-order valence-electron chi connectivity index (χ3n) is 3.95. The maximum atomic E-state index is 12.6. The molecule has 1 amide bonds. The molecule has 0 aromatic carbocycles. The van der Waals surface area contributed by atoms with Gasteiger partial charge in [-0.1, -0.05) is 4.49 Å². The fourth-order valence-corrected chi connectivity index (χ4v) is 4.01. The van der Waals surface area contributed by atoms with Gasteiger partial charge in [-0.3, -0.25) is 14.2 Å². The third-order valence-corrected chi connectivity index (χ3v) is 5.70. The summed E-state index contributed by atoms with van der Waals surface area (Å²) in [5, 5.41) is 7.09. The van der Waals surface area contributed by atoms with Crippen molar-refractivity contribution < 1.29 is 14.3 Å². The molecule has 0 aliphatic carbocycles. The van der Waals surface area contributed by atoms with Gasteiger partial charge in [0.1, 0.15) is 4.83 Å². The van der Waals surface area contributed by atoms with E-state index in [1.807, 2.05) is 13.8 Å². The van der Waals surface area contributed by atoms with Crippen molar-refractivity contribution in [3.8, 4) is 0 Å². The quantitative estimate of drug-likeness (QED) is 0.622. The van der Waals surface area contributed by atoms with Crippen molar-refractivity contribution in [2.45, 2.75) is 33.7 Å². The minimum atomic E-state index is -0.643. The fourth-order valence-electron chi connectivity index (χ4n) is 2.45. The van der Waals surface area contributed by atoms with Crippen LogP contribution in [-0.2, 0) is 16.1 Å². The molecule has 0 atom stereocenters. The van der Waals surface area contributed by atoms with Crippen LogP contribution in [0.1, 0.15) is 34.3 Å². The van der Waals surface area contributed by atoms with E-state index in [1.165, 1.54) is 22.2 Å². The van der Waals surface area contributed by atoms with Crippen LogP contribution in [0.15, 0.2) is 11.1 Å². The summed E-state index contributed by atoms with van der Waals surface area (Å²) < 4.78 is 9.95. The summed E-state index contributed by atoms with van der Waals surface area (Å²) in [4.78, 5) is 42.7. The van der Waals surface area contributed by atoms with Gasteiger partial charge in [0.15, 0.2) is 5.00 Å². The molecule has 11 heteroatoms. The summed E-state index contributed by atoms with van der Waals surface area (Å²) in [7, 11) is 0. The Kier molecular flexibility index (Phi) is 5.61. The summed E-state index contributed by atoms with van der Waals surface area (Å²) in [5.41, 5.74) is 0.724. The number of esters is 1. The molecule has 0 bridgehead atoms. The maximum absolute atomic E-state index is 12.6. The highest BCUT2D eigenvalue weighted by Gasteiger charge is 2.19. The molecule has 0 aliphatic rings. The molecule has 0 saturated carbocycles. The number of carbonyl (C=O) groups excluding carboxylic acids is 2. The molecule has 0 fully saturated rings. The summed E-state index contributed by atoms with van der Waals surface area (Å²) in [6.45, 7) is 5.88. The van der Waals surface area contributed by atoms with Crippen LogP contribution in [0, 0.1) is 13.8 Å². The normalized spacial score (nSPS) is 10.9. The molecule has 3 rings (SSSR count). The zero-order valence-electron chi connectivity index (χ0n) is 14.9. The second-order valence-electron chi connectivity index (χ2n) is 5.68. The number of nitrogens with one attached hydrogen (secondary N) is 1. The van der Waals surface area contributed by atoms with Crippen LogP contribution in [0.4, 0.5) is 5.00 Å². The number of rotatable bonds is 6. The average molecular weight is 407 g/mol. The Morgan fingerprint density at radius 2 is 2.11 bits per heavy atom. The van der Waals surface area contributed by atoms with Gasteiger partial charge in [-0.05, 0) is 26.3 Å². The monoisotopic (exact) mass is 407 g/mol. The summed E-state index contributed by atoms with van der Waals surface area (Å²) in [6, 6.07) is 0. The van der Waals surface area contributed by atoms with Gasteiger partial charge in [0.2, 0.25) is 11.6 Å². The van der Waals surface area contributed by atoms with Gasteiger partial charge in [-0.25, -0.2) is 9.78 Å². The van der Waals surface area contributed by atoms with E-state index in [0.29, 0.717) is 10.2 Å². The number of amides is 1. The Morgan fingerprint density at radius 3 is 2.85 bits per heavy atom. The Bertz CT molecular complexity index is 1070. The molecule has 3 aromatic heterocycles. The second kappa shape index (κ2) is 7.92. The Labute approximate surface area is 162 Å². The second-order valence-corrected chi connectivity index (χ2v) is 7.63. The molecule has 3 heterocycles. The van der Waals surface area contributed by atoms with Crippen molar-refractivity contribution in [2.75, 3.05) is 11.9 Å². The first kappa shape index (κ1) is 19.1. The first-order valence-electron chi connectivity index (χ1n) is 8.16. The van der Waals surface area contributed by atoms with Gasteiger partial charge in [0, 0.05) is 29.4 Å². The highest BCUT2D eigenvalue weighted by atomic mass is 32.1. The molecular formula is C16H17N5O4S2. The number of hydrogen-bond donors (Lipinski definition) is 1. The number of ether oxygens (including phenoxy) is 1. The smallest absolute Gasteiger partial charge is 0.362 e. The highest BCUT2D eigenvalue weighted by molar-refractivity contribution is 7.18. The van der Waals surface area contributed by atoms with Gasteiger partial charge in [0.25, 0.3) is 5.56 Å². The average Bonchev–Trinajstić information content (AvgIpc) is 3.20. The standard InChI is InChI=1S/C16H17N5O4S2/c1-4-25-16(24)12-14(27-20-19-12)18-10(22)5-6-21-7-17-13-11(15(21)23)8(2)9(3)26-13/h7H,4-6H2,1-3H3,(H,18,22). The van der Waals surface area contributed by atoms with Gasteiger partial charge in [-0.2, -0.15) is 0 Å². The SMILES string of the molecule is CCOC(=O)c1nnsc1NC(=O)CCn1cnc2sc(C)c(C)c2c1=O. The number of thiophene rings is 1. The van der Waals surface area contributed by atoms with Crippen molar-refractivity contribution in [1.29, 1.82) is 0 Å². The van der Waals surface area contributed by atoms with E-state index < -0.39 is 5.97 Å². The summed E-state index contributed by atoms with van der Waals surface area (Å²) in [5.74, 6) is -1.01. The number of nitrogens with zero attached hydrogens (tertiary/aromatic N) is 4. The zero-order chi connectivity index (χ0) is 19.6. The molecular weight excluding hydrogens is 390 g/mol. The maximum Gasteiger partial charge on any atom is 0.362 e. The van der Waals surface area contributed by atoms with E-state index >= 15 is 0 Å². The van der Waals surface area contributed by atoms with E-state index in [4.69, 9.17) is 4.74 Å². The lowest BCUT2D eigenvalue weighted by atomic mass is 10.2. The first-order chi connectivity index (χ1) is 12.9. The molecule has 0 unspecified atom stereocenters. The molecule has 142 valence electrons. The molecule has 0 spiro atoms. The molecule has 0 aliphatic heterocycles. The Hall–Kier alpha value is -2.66. The van der Waals surface area contributed by atoms with Crippen LogP contribution in [0.3, 0.4) is 0 Å². The fraction of sp³-hybridized carbons (Fsp3) is 0.375. The number of aryl methyl sites for hydroxylation is 3. The zero-order valence-corrected chi connectivity index (χ0v) is 16.6. The van der Waals surface area contributed by atoms with Crippen molar-refractivity contribution >= 4 is 50.0 Å². The number of anilines is 1. The van der Waals surface area contributed by atoms with Gasteiger partial charge >= 0.3 is 5.97 Å². The lowest BCUT2D eigenvalue weighted by Gasteiger charge is -2.06. The van der Waals surface area contributed by atoms with Crippen molar-refractivity contribution in [2.24, 2.45) is 0 Å². The van der Waals surface area contributed by atoms with Gasteiger partial charge < -0.3 is 10.1 Å². The van der Waals surface area contributed by atoms with Crippen LogP contribution in [0.25, 0.3) is 10.2 Å². The topological polar surface area (TPSA) is 116 Å². The summed E-state index contributed by atoms with van der Waals surface area (Å²) >= 11 is 2.37. The number of fused-ring (bicyclic) bond motifs is 1. The van der Waals surface area contributed by atoms with Crippen LogP contribution < -0.4 is 10.9 Å². The molecule has 0 saturated heterocycles. The van der Waals surface area contributed by atoms with E-state index in [-0.39, 0.29) is 41.7 Å². The van der Waals surface area contributed by atoms with Crippen LogP contribution >= 0.6 is 22.9 Å². The number of hydrogen-bond acceptors (Lipinski definition) is 9. The van der Waals surface area contributed by atoms with E-state index in [9.17, 15) is 14.4 Å². The number of carbonyl (C=O) groups is 2. The van der Waals surface area contributed by atoms with Crippen LogP contribution in [0.2, 0.25) is 0 Å². The van der Waals surface area contributed by atoms with Gasteiger partial charge in [-0.15, -0.1) is 16.4 Å². The minimum absolute atomic E-state index is 0.0279. The van der Waals surface area contributed by atoms with Gasteiger partial charge in [0.05, 0.1) is 18.3 Å². The van der Waals surface area contributed by atoms with E-state index in [1.54, 1.807) is 6.92 Å². The lowest BCUT2D eigenvalue weighted by molar-refractivity contribution is -0.116. The largest absolute Gasteiger partial charge is 0.461 e. The van der Waals surface area contributed by atoms with Crippen molar-refractivity contribution in [3.05, 3.63) is 32.8 Å². The molecule has 1 N–H and O–H groups in total. The molecule has 0 radical (unpaired) electrons.